The number of Topliss-reactive ketones (excluding diaryl/α,β-unsaturated/α-hetero) is 1. The molecule has 0 atom stereocenters. The molecule has 2 aromatic rings. The molecule has 0 fully saturated rings. The van der Waals surface area contributed by atoms with Crippen molar-refractivity contribution in [2.45, 2.75) is 6.42 Å². The van der Waals surface area contributed by atoms with Crippen LogP contribution in [0, 0.1) is 0 Å². The molecule has 0 aromatic carbocycles. The van der Waals surface area contributed by atoms with E-state index in [4.69, 9.17) is 0 Å². The summed E-state index contributed by atoms with van der Waals surface area (Å²) >= 11 is 0. The number of aromatic nitrogens is 3. The van der Waals surface area contributed by atoms with E-state index in [1.807, 2.05) is 0 Å². The maximum Gasteiger partial charge on any atom is 0.170 e. The van der Waals surface area contributed by atoms with Crippen LogP contribution in [0.2, 0.25) is 0 Å². The average molecular weight is 187 g/mol. The Bertz CT molecular complexity index is 408. The van der Waals surface area contributed by atoms with E-state index in [1.165, 1.54) is 0 Å². The predicted octanol–water partition coefficient (Wildman–Crippen LogP) is 1.23. The molecule has 2 aromatic heterocycles. The number of hydrogen-bond acceptors (Lipinski definition) is 3. The van der Waals surface area contributed by atoms with Crippen molar-refractivity contribution in [3.8, 4) is 0 Å². The molecule has 2 heterocycles. The maximum absolute atomic E-state index is 11.6. The van der Waals surface area contributed by atoms with Crippen LogP contribution in [0.25, 0.3) is 0 Å². The lowest BCUT2D eigenvalue weighted by atomic mass is 10.1. The van der Waals surface area contributed by atoms with E-state index < -0.39 is 0 Å². The molecule has 0 spiro atoms. The third-order valence-corrected chi connectivity index (χ3v) is 1.89. The lowest BCUT2D eigenvalue weighted by Crippen LogP contribution is -2.04. The van der Waals surface area contributed by atoms with Crippen LogP contribution in [0.4, 0.5) is 0 Å². The normalized spacial score (nSPS) is 10.0. The van der Waals surface area contributed by atoms with Gasteiger partial charge in [0.25, 0.3) is 0 Å². The zero-order chi connectivity index (χ0) is 9.80. The first-order valence-electron chi connectivity index (χ1n) is 4.28. The zero-order valence-electron chi connectivity index (χ0n) is 7.47. The molecule has 0 bridgehead atoms. The topological polar surface area (TPSA) is 58.6 Å². The molecular formula is C10H9N3O. The second kappa shape index (κ2) is 3.83. The number of H-pyrrole nitrogens is 1. The molecule has 70 valence electrons. The van der Waals surface area contributed by atoms with Gasteiger partial charge < -0.3 is 4.98 Å². The van der Waals surface area contributed by atoms with Crippen molar-refractivity contribution >= 4 is 5.78 Å². The second-order valence-electron chi connectivity index (χ2n) is 2.87. The van der Waals surface area contributed by atoms with Crippen LogP contribution in [0.5, 0.6) is 0 Å². The Morgan fingerprint density at radius 2 is 2.07 bits per heavy atom. The first-order valence-corrected chi connectivity index (χ1v) is 4.28. The summed E-state index contributed by atoms with van der Waals surface area (Å²) < 4.78 is 0. The van der Waals surface area contributed by atoms with Crippen LogP contribution in [0.15, 0.2) is 36.9 Å². The highest BCUT2D eigenvalue weighted by Gasteiger charge is 2.07. The van der Waals surface area contributed by atoms with Gasteiger partial charge >= 0.3 is 0 Å². The summed E-state index contributed by atoms with van der Waals surface area (Å²) in [7, 11) is 0. The molecule has 0 aliphatic rings. The lowest BCUT2D eigenvalue weighted by Gasteiger charge is -1.96. The van der Waals surface area contributed by atoms with E-state index in [-0.39, 0.29) is 5.78 Å². The van der Waals surface area contributed by atoms with Crippen LogP contribution in [-0.2, 0) is 6.42 Å². The molecule has 0 saturated carbocycles. The SMILES string of the molecule is O=C(Cc1ncc[nH]1)c1ccncc1. The van der Waals surface area contributed by atoms with Gasteiger partial charge in [-0.15, -0.1) is 0 Å². The Kier molecular flexibility index (Phi) is 2.36. The third kappa shape index (κ3) is 1.85. The van der Waals surface area contributed by atoms with Gasteiger partial charge in [-0.2, -0.15) is 0 Å². The van der Waals surface area contributed by atoms with Gasteiger partial charge in [0.15, 0.2) is 5.78 Å². The molecule has 4 nitrogen and oxygen atoms in total. The van der Waals surface area contributed by atoms with E-state index in [0.29, 0.717) is 17.8 Å². The van der Waals surface area contributed by atoms with Gasteiger partial charge in [0.1, 0.15) is 5.82 Å². The summed E-state index contributed by atoms with van der Waals surface area (Å²) in [6.07, 6.45) is 6.85. The summed E-state index contributed by atoms with van der Waals surface area (Å²) in [6.45, 7) is 0. The fraction of sp³-hybridized carbons (Fsp3) is 0.100. The number of ketones is 1. The van der Waals surface area contributed by atoms with Crippen molar-refractivity contribution in [1.82, 2.24) is 15.0 Å². The molecule has 0 amide bonds. The largest absolute Gasteiger partial charge is 0.348 e. The van der Waals surface area contributed by atoms with Crippen LogP contribution in [-0.4, -0.2) is 20.7 Å². The minimum absolute atomic E-state index is 0.0438. The number of aromatic amines is 1. The van der Waals surface area contributed by atoms with E-state index in [9.17, 15) is 4.79 Å². The van der Waals surface area contributed by atoms with Crippen LogP contribution in [0.3, 0.4) is 0 Å². The van der Waals surface area contributed by atoms with Crippen molar-refractivity contribution < 1.29 is 4.79 Å². The Labute approximate surface area is 81.0 Å². The van der Waals surface area contributed by atoms with Gasteiger partial charge in [0.2, 0.25) is 0 Å². The predicted molar refractivity (Wildman–Crippen MR) is 50.9 cm³/mol. The number of carbonyl (C=O) groups is 1. The molecule has 4 heteroatoms. The Morgan fingerprint density at radius 1 is 1.29 bits per heavy atom. The molecule has 0 radical (unpaired) electrons. The van der Waals surface area contributed by atoms with Crippen molar-refractivity contribution in [1.29, 1.82) is 0 Å². The fourth-order valence-electron chi connectivity index (χ4n) is 1.19. The minimum Gasteiger partial charge on any atom is -0.348 e. The van der Waals surface area contributed by atoms with Crippen molar-refractivity contribution in [2.75, 3.05) is 0 Å². The van der Waals surface area contributed by atoms with Crippen molar-refractivity contribution in [2.24, 2.45) is 0 Å². The summed E-state index contributed by atoms with van der Waals surface area (Å²) in [5.41, 5.74) is 0.663. The molecule has 14 heavy (non-hydrogen) atoms. The molecule has 1 N–H and O–H groups in total. The number of imidazole rings is 1. The van der Waals surface area contributed by atoms with E-state index in [1.54, 1.807) is 36.9 Å². The lowest BCUT2D eigenvalue weighted by molar-refractivity contribution is 0.0991. The fourth-order valence-corrected chi connectivity index (χ4v) is 1.19. The number of nitrogens with one attached hydrogen (secondary N) is 1. The molecule has 0 saturated heterocycles. The van der Waals surface area contributed by atoms with Crippen molar-refractivity contribution in [3.05, 3.63) is 48.3 Å². The van der Waals surface area contributed by atoms with Gasteiger partial charge in [-0.05, 0) is 12.1 Å². The number of carbonyl (C=O) groups excluding carboxylic acids is 1. The first-order chi connectivity index (χ1) is 6.86. The highest BCUT2D eigenvalue weighted by molar-refractivity contribution is 5.96. The van der Waals surface area contributed by atoms with Gasteiger partial charge in [-0.25, -0.2) is 4.98 Å². The number of rotatable bonds is 3. The summed E-state index contributed by atoms with van der Waals surface area (Å²) in [4.78, 5) is 22.4. The van der Waals surface area contributed by atoms with Gasteiger partial charge in [0, 0.05) is 30.4 Å². The quantitative estimate of drug-likeness (QED) is 0.735. The molecule has 2 rings (SSSR count). The first kappa shape index (κ1) is 8.62. The van der Waals surface area contributed by atoms with Gasteiger partial charge in [-0.3, -0.25) is 9.78 Å². The minimum atomic E-state index is 0.0438. The highest BCUT2D eigenvalue weighted by atomic mass is 16.1. The number of nitrogens with zero attached hydrogens (tertiary/aromatic N) is 2. The standard InChI is InChI=1S/C10H9N3O/c14-9(7-10-12-5-6-13-10)8-1-3-11-4-2-8/h1-6H,7H2,(H,12,13). The zero-order valence-corrected chi connectivity index (χ0v) is 7.47. The summed E-state index contributed by atoms with van der Waals surface area (Å²) in [5.74, 6) is 0.731. The van der Waals surface area contributed by atoms with E-state index >= 15 is 0 Å². The summed E-state index contributed by atoms with van der Waals surface area (Å²) in [6, 6.07) is 3.40. The Morgan fingerprint density at radius 3 is 2.71 bits per heavy atom. The smallest absolute Gasteiger partial charge is 0.170 e. The second-order valence-corrected chi connectivity index (χ2v) is 2.87. The van der Waals surface area contributed by atoms with Gasteiger partial charge in [0.05, 0.1) is 6.42 Å². The van der Waals surface area contributed by atoms with E-state index in [2.05, 4.69) is 15.0 Å². The monoisotopic (exact) mass is 187 g/mol. The highest BCUT2D eigenvalue weighted by Crippen LogP contribution is 2.02. The molecular weight excluding hydrogens is 178 g/mol. The average Bonchev–Trinajstić information content (AvgIpc) is 2.72. The Hall–Kier alpha value is -1.97. The molecule has 0 unspecified atom stereocenters. The Balaban J connectivity index is 2.11. The van der Waals surface area contributed by atoms with Crippen molar-refractivity contribution in [3.63, 3.8) is 0 Å². The van der Waals surface area contributed by atoms with Crippen LogP contribution >= 0.6 is 0 Å². The number of hydrogen-bond donors (Lipinski definition) is 1. The summed E-state index contributed by atoms with van der Waals surface area (Å²) in [5, 5.41) is 0. The van der Waals surface area contributed by atoms with Gasteiger partial charge in [-0.1, -0.05) is 0 Å². The third-order valence-electron chi connectivity index (χ3n) is 1.89. The van der Waals surface area contributed by atoms with E-state index in [0.717, 1.165) is 0 Å². The maximum atomic E-state index is 11.6. The molecule has 0 aliphatic carbocycles. The number of pyridine rings is 1. The van der Waals surface area contributed by atoms with Crippen LogP contribution < -0.4 is 0 Å². The molecule has 0 aliphatic heterocycles. The van der Waals surface area contributed by atoms with Crippen LogP contribution in [0.1, 0.15) is 16.2 Å².